The normalized spacial score (nSPS) is 17.9. The third-order valence-electron chi connectivity index (χ3n) is 4.10. The van der Waals surface area contributed by atoms with Crippen molar-refractivity contribution in [1.82, 2.24) is 4.98 Å². The molecule has 4 heteroatoms. The molecule has 1 saturated carbocycles. The van der Waals surface area contributed by atoms with Gasteiger partial charge < -0.3 is 10.5 Å². The van der Waals surface area contributed by atoms with Crippen molar-refractivity contribution in [1.29, 1.82) is 0 Å². The third-order valence-corrected chi connectivity index (χ3v) is 4.10. The molecule has 1 aliphatic carbocycles. The van der Waals surface area contributed by atoms with Crippen LogP contribution in [0.4, 0.5) is 0 Å². The quantitative estimate of drug-likeness (QED) is 0.880. The Hall–Kier alpha value is -1.42. The minimum absolute atomic E-state index is 0.0662. The van der Waals surface area contributed by atoms with Gasteiger partial charge in [-0.25, -0.2) is 0 Å². The average Bonchev–Trinajstić information content (AvgIpc) is 3.17. The second kappa shape index (κ2) is 4.93. The number of methoxy groups -OCH3 is 1. The lowest BCUT2D eigenvalue weighted by Gasteiger charge is -2.23. The average molecular weight is 262 g/mol. The second-order valence-electron chi connectivity index (χ2n) is 5.70. The fraction of sp³-hybridized carbons (Fsp3) is 0.600. The second-order valence-corrected chi connectivity index (χ2v) is 5.70. The monoisotopic (exact) mass is 262 g/mol. The Labute approximate surface area is 114 Å². The van der Waals surface area contributed by atoms with E-state index in [1.807, 2.05) is 20.8 Å². The van der Waals surface area contributed by atoms with Crippen LogP contribution >= 0.6 is 0 Å². The Balaban J connectivity index is 2.22. The van der Waals surface area contributed by atoms with E-state index >= 15 is 0 Å². The van der Waals surface area contributed by atoms with E-state index in [9.17, 15) is 4.79 Å². The maximum Gasteiger partial charge on any atom is 0.158 e. The molecule has 1 fully saturated rings. The lowest BCUT2D eigenvalue weighted by Crippen LogP contribution is -2.48. The molecular weight excluding hydrogens is 240 g/mol. The van der Waals surface area contributed by atoms with E-state index < -0.39 is 5.54 Å². The van der Waals surface area contributed by atoms with Crippen LogP contribution in [0, 0.1) is 19.8 Å². The van der Waals surface area contributed by atoms with Crippen LogP contribution in [0.25, 0.3) is 0 Å². The topological polar surface area (TPSA) is 65.2 Å². The summed E-state index contributed by atoms with van der Waals surface area (Å²) >= 11 is 0. The number of carbonyl (C=O) groups excluding carboxylic acids is 1. The van der Waals surface area contributed by atoms with E-state index in [1.54, 1.807) is 13.3 Å². The minimum Gasteiger partial charge on any atom is -0.496 e. The Kier molecular flexibility index (Phi) is 3.63. The molecule has 19 heavy (non-hydrogen) atoms. The van der Waals surface area contributed by atoms with E-state index in [0.29, 0.717) is 5.92 Å². The summed E-state index contributed by atoms with van der Waals surface area (Å²) in [6.45, 7) is 5.72. The summed E-state index contributed by atoms with van der Waals surface area (Å²) < 4.78 is 5.36. The number of Topliss-reactive ketones (excluding diaryl/α,β-unsaturated/α-hetero) is 1. The third kappa shape index (κ3) is 2.63. The van der Waals surface area contributed by atoms with E-state index in [-0.39, 0.29) is 12.2 Å². The highest BCUT2D eigenvalue weighted by Crippen LogP contribution is 2.39. The zero-order valence-electron chi connectivity index (χ0n) is 12.1. The van der Waals surface area contributed by atoms with Gasteiger partial charge in [-0.15, -0.1) is 0 Å². The summed E-state index contributed by atoms with van der Waals surface area (Å²) in [5.41, 5.74) is 8.12. The fourth-order valence-electron chi connectivity index (χ4n) is 2.50. The van der Waals surface area contributed by atoms with Crippen LogP contribution in [0.2, 0.25) is 0 Å². The molecule has 4 nitrogen and oxygen atoms in total. The Morgan fingerprint density at radius 1 is 1.53 bits per heavy atom. The van der Waals surface area contributed by atoms with Gasteiger partial charge in [0.1, 0.15) is 5.75 Å². The zero-order chi connectivity index (χ0) is 14.2. The first-order valence-corrected chi connectivity index (χ1v) is 6.69. The highest BCUT2D eigenvalue weighted by molar-refractivity contribution is 5.90. The van der Waals surface area contributed by atoms with Gasteiger partial charge in [0.25, 0.3) is 0 Å². The summed E-state index contributed by atoms with van der Waals surface area (Å²) in [7, 11) is 1.64. The van der Waals surface area contributed by atoms with Crippen LogP contribution in [0.1, 0.15) is 36.6 Å². The molecule has 1 aromatic rings. The summed E-state index contributed by atoms with van der Waals surface area (Å²) in [5.74, 6) is 1.21. The molecule has 1 unspecified atom stereocenters. The van der Waals surface area contributed by atoms with Crippen LogP contribution in [-0.4, -0.2) is 23.4 Å². The number of rotatable bonds is 5. The van der Waals surface area contributed by atoms with Crippen LogP contribution < -0.4 is 10.5 Å². The van der Waals surface area contributed by atoms with Crippen molar-refractivity contribution in [3.63, 3.8) is 0 Å². The highest BCUT2D eigenvalue weighted by Gasteiger charge is 2.43. The van der Waals surface area contributed by atoms with Crippen molar-refractivity contribution in [3.05, 3.63) is 23.0 Å². The number of nitrogens with two attached hydrogens (primary N) is 1. The molecule has 0 aromatic carbocycles. The maximum atomic E-state index is 12.3. The van der Waals surface area contributed by atoms with Crippen LogP contribution in [-0.2, 0) is 11.2 Å². The fourth-order valence-corrected chi connectivity index (χ4v) is 2.50. The lowest BCUT2D eigenvalue weighted by atomic mass is 9.88. The van der Waals surface area contributed by atoms with Crippen molar-refractivity contribution in [3.8, 4) is 5.75 Å². The summed E-state index contributed by atoms with van der Waals surface area (Å²) in [6.07, 6.45) is 4.15. The van der Waals surface area contributed by atoms with Gasteiger partial charge in [0, 0.05) is 17.3 Å². The highest BCUT2D eigenvalue weighted by atomic mass is 16.5. The number of ether oxygens (including phenoxy) is 1. The van der Waals surface area contributed by atoms with Gasteiger partial charge in [-0.1, -0.05) is 0 Å². The van der Waals surface area contributed by atoms with E-state index in [2.05, 4.69) is 4.98 Å². The molecule has 0 spiro atoms. The molecule has 0 saturated heterocycles. The molecule has 0 amide bonds. The molecule has 1 atom stereocenters. The lowest BCUT2D eigenvalue weighted by molar-refractivity contribution is -0.123. The van der Waals surface area contributed by atoms with Crippen LogP contribution in [0.15, 0.2) is 6.20 Å². The maximum absolute atomic E-state index is 12.3. The SMILES string of the molecule is COc1c(C)cnc(CC(=O)C(C)(N)C2CC2)c1C. The molecule has 1 aliphatic rings. The number of ketones is 1. The number of aryl methyl sites for hydroxylation is 1. The summed E-state index contributed by atoms with van der Waals surface area (Å²) in [6, 6.07) is 0. The van der Waals surface area contributed by atoms with Crippen molar-refractivity contribution in [2.75, 3.05) is 7.11 Å². The molecular formula is C15H22N2O2. The molecule has 2 N–H and O–H groups in total. The predicted octanol–water partition coefficient (Wildman–Crippen LogP) is 1.95. The first-order chi connectivity index (χ1) is 8.87. The number of hydrogen-bond donors (Lipinski definition) is 1. The number of hydrogen-bond acceptors (Lipinski definition) is 4. The van der Waals surface area contributed by atoms with Gasteiger partial charge in [0.15, 0.2) is 5.78 Å². The van der Waals surface area contributed by atoms with Crippen molar-refractivity contribution in [2.45, 2.75) is 45.6 Å². The summed E-state index contributed by atoms with van der Waals surface area (Å²) in [5, 5.41) is 0. The Morgan fingerprint density at radius 3 is 2.68 bits per heavy atom. The number of aromatic nitrogens is 1. The standard InChI is InChI=1S/C15H22N2O2/c1-9-8-17-12(10(2)14(9)19-4)7-13(18)15(3,16)11-5-6-11/h8,11H,5-7,16H2,1-4H3. The van der Waals surface area contributed by atoms with Crippen LogP contribution in [0.3, 0.4) is 0 Å². The van der Waals surface area contributed by atoms with Gasteiger partial charge >= 0.3 is 0 Å². The van der Waals surface area contributed by atoms with Gasteiger partial charge in [0.05, 0.1) is 24.8 Å². The smallest absolute Gasteiger partial charge is 0.158 e. The van der Waals surface area contributed by atoms with E-state index in [1.165, 1.54) is 0 Å². The van der Waals surface area contributed by atoms with Crippen molar-refractivity contribution >= 4 is 5.78 Å². The molecule has 0 radical (unpaired) electrons. The molecule has 1 aromatic heterocycles. The van der Waals surface area contributed by atoms with Gasteiger partial charge in [0.2, 0.25) is 0 Å². The van der Waals surface area contributed by atoms with Crippen molar-refractivity contribution in [2.24, 2.45) is 11.7 Å². The number of nitrogens with zero attached hydrogens (tertiary/aromatic N) is 1. The van der Waals surface area contributed by atoms with E-state index in [4.69, 9.17) is 10.5 Å². The predicted molar refractivity (Wildman–Crippen MR) is 74.3 cm³/mol. The molecule has 2 rings (SSSR count). The zero-order valence-corrected chi connectivity index (χ0v) is 12.1. The van der Waals surface area contributed by atoms with Crippen LogP contribution in [0.5, 0.6) is 5.75 Å². The molecule has 1 heterocycles. The first-order valence-electron chi connectivity index (χ1n) is 6.69. The van der Waals surface area contributed by atoms with Gasteiger partial charge in [-0.3, -0.25) is 9.78 Å². The Bertz CT molecular complexity index is 505. The molecule has 0 aliphatic heterocycles. The molecule has 0 bridgehead atoms. The van der Waals surface area contributed by atoms with Gasteiger partial charge in [-0.05, 0) is 39.5 Å². The van der Waals surface area contributed by atoms with E-state index in [0.717, 1.165) is 35.4 Å². The molecule has 104 valence electrons. The largest absolute Gasteiger partial charge is 0.496 e. The number of pyridine rings is 1. The first kappa shape index (κ1) is 14.0. The minimum atomic E-state index is -0.716. The van der Waals surface area contributed by atoms with Crippen molar-refractivity contribution < 1.29 is 9.53 Å². The summed E-state index contributed by atoms with van der Waals surface area (Å²) in [4.78, 5) is 16.7. The van der Waals surface area contributed by atoms with Gasteiger partial charge in [-0.2, -0.15) is 0 Å². The number of carbonyl (C=O) groups is 1. The Morgan fingerprint density at radius 2 is 2.16 bits per heavy atom.